The molecule has 2 aliphatic rings. The fourth-order valence-corrected chi connectivity index (χ4v) is 2.29. The van der Waals surface area contributed by atoms with Gasteiger partial charge in [-0.1, -0.05) is 6.92 Å². The van der Waals surface area contributed by atoms with E-state index in [0.29, 0.717) is 12.0 Å². The largest absolute Gasteiger partial charge is 0.373 e. The van der Waals surface area contributed by atoms with Crippen LogP contribution in [0.25, 0.3) is 0 Å². The molecule has 0 aromatic rings. The van der Waals surface area contributed by atoms with E-state index in [4.69, 9.17) is 10.5 Å². The Kier molecular flexibility index (Phi) is 2.21. The molecular formula is C8H16ClNO. The molecule has 2 nitrogen and oxygen atoms in total. The number of halogens is 1. The Morgan fingerprint density at radius 3 is 2.36 bits per heavy atom. The van der Waals surface area contributed by atoms with Crippen LogP contribution in [-0.2, 0) is 4.74 Å². The lowest BCUT2D eigenvalue weighted by Gasteiger charge is -2.25. The van der Waals surface area contributed by atoms with Crippen LogP contribution in [0, 0.1) is 5.41 Å². The maximum atomic E-state index is 5.67. The molecule has 0 spiro atoms. The summed E-state index contributed by atoms with van der Waals surface area (Å²) in [6.45, 7) is 3.95. The third-order valence-corrected chi connectivity index (χ3v) is 3.03. The molecule has 0 aromatic heterocycles. The molecule has 0 amide bonds. The van der Waals surface area contributed by atoms with Gasteiger partial charge >= 0.3 is 0 Å². The van der Waals surface area contributed by atoms with Gasteiger partial charge < -0.3 is 10.5 Å². The van der Waals surface area contributed by atoms with Gasteiger partial charge in [0.1, 0.15) is 0 Å². The van der Waals surface area contributed by atoms with Crippen LogP contribution in [0.5, 0.6) is 0 Å². The number of ether oxygens (including phenoxy) is 1. The maximum absolute atomic E-state index is 5.67. The van der Waals surface area contributed by atoms with E-state index >= 15 is 0 Å². The third-order valence-electron chi connectivity index (χ3n) is 3.03. The molecule has 3 heteroatoms. The molecule has 2 fully saturated rings. The zero-order chi connectivity index (χ0) is 7.24. The van der Waals surface area contributed by atoms with Crippen LogP contribution in [0.3, 0.4) is 0 Å². The Morgan fingerprint density at radius 2 is 2.18 bits per heavy atom. The van der Waals surface area contributed by atoms with Crippen molar-refractivity contribution in [2.24, 2.45) is 11.1 Å². The van der Waals surface area contributed by atoms with Crippen LogP contribution < -0.4 is 5.73 Å². The van der Waals surface area contributed by atoms with E-state index in [1.807, 2.05) is 0 Å². The van der Waals surface area contributed by atoms with Gasteiger partial charge in [-0.25, -0.2) is 0 Å². The summed E-state index contributed by atoms with van der Waals surface area (Å²) < 4.78 is 5.67. The summed E-state index contributed by atoms with van der Waals surface area (Å²) in [4.78, 5) is 0. The third kappa shape index (κ3) is 1.28. The summed E-state index contributed by atoms with van der Waals surface area (Å²) >= 11 is 0. The van der Waals surface area contributed by atoms with E-state index in [1.54, 1.807) is 0 Å². The van der Waals surface area contributed by atoms with Crippen LogP contribution in [0.2, 0.25) is 0 Å². The maximum Gasteiger partial charge on any atom is 0.0810 e. The minimum Gasteiger partial charge on any atom is -0.373 e. The summed E-state index contributed by atoms with van der Waals surface area (Å²) in [7, 11) is 0. The number of hydrogen-bond acceptors (Lipinski definition) is 2. The van der Waals surface area contributed by atoms with Crippen molar-refractivity contribution in [3.63, 3.8) is 0 Å². The molecule has 66 valence electrons. The number of hydrogen-bond donors (Lipinski definition) is 1. The Labute approximate surface area is 73.9 Å². The quantitative estimate of drug-likeness (QED) is 0.656. The second kappa shape index (κ2) is 2.61. The average Bonchev–Trinajstić information content (AvgIpc) is 2.42. The van der Waals surface area contributed by atoms with Gasteiger partial charge in [0, 0.05) is 6.54 Å². The fourth-order valence-electron chi connectivity index (χ4n) is 2.29. The van der Waals surface area contributed by atoms with Crippen molar-refractivity contribution in [1.82, 2.24) is 0 Å². The molecule has 1 aliphatic carbocycles. The van der Waals surface area contributed by atoms with Gasteiger partial charge in [-0.05, 0) is 24.7 Å². The highest BCUT2D eigenvalue weighted by Gasteiger charge is 2.52. The van der Waals surface area contributed by atoms with Gasteiger partial charge in [0.25, 0.3) is 0 Å². The second-order valence-corrected chi connectivity index (χ2v) is 4.16. The van der Waals surface area contributed by atoms with Crippen molar-refractivity contribution < 1.29 is 4.74 Å². The Hall–Kier alpha value is 0.210. The summed E-state index contributed by atoms with van der Waals surface area (Å²) in [5.41, 5.74) is 6.20. The first-order valence-electron chi connectivity index (χ1n) is 4.02. The van der Waals surface area contributed by atoms with E-state index in [2.05, 4.69) is 6.92 Å². The zero-order valence-electron chi connectivity index (χ0n) is 6.93. The van der Waals surface area contributed by atoms with E-state index in [1.165, 1.54) is 19.3 Å². The molecule has 11 heavy (non-hydrogen) atoms. The lowest BCUT2D eigenvalue weighted by Crippen LogP contribution is -2.35. The Balaban J connectivity index is 0.000000605. The topological polar surface area (TPSA) is 35.2 Å². The smallest absolute Gasteiger partial charge is 0.0810 e. The molecule has 1 aliphatic heterocycles. The SMILES string of the molecule is CC12CCC(CN)(C1)OC2.Cl. The monoisotopic (exact) mass is 177 g/mol. The predicted octanol–water partition coefficient (Wildman–Crippen LogP) is 1.33. The number of rotatable bonds is 1. The van der Waals surface area contributed by atoms with Gasteiger partial charge in [-0.3, -0.25) is 0 Å². The van der Waals surface area contributed by atoms with E-state index in [-0.39, 0.29) is 18.0 Å². The number of nitrogens with two attached hydrogens (primary N) is 1. The highest BCUT2D eigenvalue weighted by Crippen LogP contribution is 2.51. The second-order valence-electron chi connectivity index (χ2n) is 4.16. The van der Waals surface area contributed by atoms with Crippen LogP contribution >= 0.6 is 12.4 Å². The van der Waals surface area contributed by atoms with Crippen molar-refractivity contribution in [2.75, 3.05) is 13.2 Å². The van der Waals surface area contributed by atoms with Crippen molar-refractivity contribution in [2.45, 2.75) is 31.8 Å². The van der Waals surface area contributed by atoms with E-state index < -0.39 is 0 Å². The molecule has 1 saturated heterocycles. The first-order valence-corrected chi connectivity index (χ1v) is 4.02. The molecule has 0 aromatic carbocycles. The van der Waals surface area contributed by atoms with Crippen molar-refractivity contribution in [3.05, 3.63) is 0 Å². The van der Waals surface area contributed by atoms with Crippen LogP contribution in [0.15, 0.2) is 0 Å². The highest BCUT2D eigenvalue weighted by atomic mass is 35.5. The summed E-state index contributed by atoms with van der Waals surface area (Å²) in [5, 5.41) is 0. The lowest BCUT2D eigenvalue weighted by atomic mass is 9.90. The molecule has 2 unspecified atom stereocenters. The minimum atomic E-state index is 0. The lowest BCUT2D eigenvalue weighted by molar-refractivity contribution is -0.0195. The van der Waals surface area contributed by atoms with Gasteiger partial charge in [-0.15, -0.1) is 12.4 Å². The first kappa shape index (κ1) is 9.30. The fraction of sp³-hybridized carbons (Fsp3) is 1.00. The van der Waals surface area contributed by atoms with Gasteiger partial charge in [0.05, 0.1) is 12.2 Å². The molecule has 2 bridgehead atoms. The van der Waals surface area contributed by atoms with Crippen LogP contribution in [-0.4, -0.2) is 18.8 Å². The van der Waals surface area contributed by atoms with Gasteiger partial charge in [0.2, 0.25) is 0 Å². The molecule has 0 radical (unpaired) electrons. The molecular weight excluding hydrogens is 162 g/mol. The van der Waals surface area contributed by atoms with Crippen molar-refractivity contribution >= 4 is 12.4 Å². The van der Waals surface area contributed by atoms with Crippen LogP contribution in [0.4, 0.5) is 0 Å². The number of fused-ring (bicyclic) bond motifs is 2. The minimum absolute atomic E-state index is 0. The van der Waals surface area contributed by atoms with Crippen molar-refractivity contribution in [1.29, 1.82) is 0 Å². The molecule has 1 heterocycles. The van der Waals surface area contributed by atoms with Crippen molar-refractivity contribution in [3.8, 4) is 0 Å². The molecule has 2 atom stereocenters. The molecule has 1 saturated carbocycles. The summed E-state index contributed by atoms with van der Waals surface area (Å²) in [6.07, 6.45) is 3.68. The van der Waals surface area contributed by atoms with E-state index in [9.17, 15) is 0 Å². The Bertz CT molecular complexity index is 152. The van der Waals surface area contributed by atoms with E-state index in [0.717, 1.165) is 6.61 Å². The standard InChI is InChI=1S/C8H15NO.ClH/c1-7-2-3-8(4-7,5-9)10-6-7;/h2-6,9H2,1H3;1H. The first-order chi connectivity index (χ1) is 4.68. The zero-order valence-corrected chi connectivity index (χ0v) is 7.75. The predicted molar refractivity (Wildman–Crippen MR) is 46.9 cm³/mol. The Morgan fingerprint density at radius 1 is 1.45 bits per heavy atom. The van der Waals surface area contributed by atoms with Gasteiger partial charge in [-0.2, -0.15) is 0 Å². The highest BCUT2D eigenvalue weighted by molar-refractivity contribution is 5.85. The summed E-state index contributed by atoms with van der Waals surface area (Å²) in [5.74, 6) is 0. The normalized spacial score (nSPS) is 47.5. The average molecular weight is 178 g/mol. The summed E-state index contributed by atoms with van der Waals surface area (Å²) in [6, 6.07) is 0. The molecule has 2 rings (SSSR count). The molecule has 2 N–H and O–H groups in total. The van der Waals surface area contributed by atoms with Crippen LogP contribution in [0.1, 0.15) is 26.2 Å². The van der Waals surface area contributed by atoms with Gasteiger partial charge in [0.15, 0.2) is 0 Å².